The third-order valence-corrected chi connectivity index (χ3v) is 3.51. The number of benzene rings is 2. The van der Waals surface area contributed by atoms with Crippen LogP contribution in [0.4, 0.5) is 11.4 Å². The fourth-order valence-electron chi connectivity index (χ4n) is 2.49. The average Bonchev–Trinajstić information content (AvgIpc) is 2.75. The van der Waals surface area contributed by atoms with Crippen LogP contribution in [0.1, 0.15) is 28.3 Å². The minimum atomic E-state index is -0.417. The topological polar surface area (TPSA) is 72.2 Å². The standard InChI is InChI=1S/C16H14N2O2/c17-11-5-3-4-10(8-11)15(19)9-13-12-6-1-2-7-14(12)18-16(13)20/h1-8,13H,9,17H2,(H,18,20). The van der Waals surface area contributed by atoms with Crippen LogP contribution in [0.3, 0.4) is 0 Å². The zero-order chi connectivity index (χ0) is 14.1. The molecule has 1 aliphatic rings. The van der Waals surface area contributed by atoms with Crippen LogP contribution in [0.2, 0.25) is 0 Å². The van der Waals surface area contributed by atoms with Crippen LogP contribution < -0.4 is 11.1 Å². The summed E-state index contributed by atoms with van der Waals surface area (Å²) in [6.07, 6.45) is 0.159. The number of hydrogen-bond donors (Lipinski definition) is 2. The molecule has 1 atom stereocenters. The smallest absolute Gasteiger partial charge is 0.232 e. The zero-order valence-corrected chi connectivity index (χ0v) is 10.8. The molecule has 0 bridgehead atoms. The Morgan fingerprint density at radius 1 is 1.15 bits per heavy atom. The van der Waals surface area contributed by atoms with Gasteiger partial charge in [-0.3, -0.25) is 9.59 Å². The minimum absolute atomic E-state index is 0.0749. The number of nitrogens with one attached hydrogen (secondary N) is 1. The van der Waals surface area contributed by atoms with Crippen molar-refractivity contribution < 1.29 is 9.59 Å². The molecule has 1 unspecified atom stereocenters. The summed E-state index contributed by atoms with van der Waals surface area (Å²) in [6.45, 7) is 0. The summed E-state index contributed by atoms with van der Waals surface area (Å²) in [5, 5.41) is 2.80. The van der Waals surface area contributed by atoms with E-state index < -0.39 is 5.92 Å². The van der Waals surface area contributed by atoms with E-state index in [4.69, 9.17) is 5.73 Å². The van der Waals surface area contributed by atoms with Gasteiger partial charge in [0.25, 0.3) is 0 Å². The second-order valence-corrected chi connectivity index (χ2v) is 4.88. The first-order valence-electron chi connectivity index (χ1n) is 6.43. The van der Waals surface area contributed by atoms with Crippen molar-refractivity contribution in [1.82, 2.24) is 0 Å². The Hall–Kier alpha value is -2.62. The molecular weight excluding hydrogens is 252 g/mol. The number of Topliss-reactive ketones (excluding diaryl/α,β-unsaturated/α-hetero) is 1. The second kappa shape index (κ2) is 4.81. The van der Waals surface area contributed by atoms with Crippen molar-refractivity contribution in [2.24, 2.45) is 0 Å². The maximum absolute atomic E-state index is 12.3. The molecule has 4 nitrogen and oxygen atoms in total. The average molecular weight is 266 g/mol. The maximum Gasteiger partial charge on any atom is 0.232 e. The van der Waals surface area contributed by atoms with Gasteiger partial charge >= 0.3 is 0 Å². The minimum Gasteiger partial charge on any atom is -0.399 e. The maximum atomic E-state index is 12.3. The summed E-state index contributed by atoms with van der Waals surface area (Å²) < 4.78 is 0. The fraction of sp³-hybridized carbons (Fsp3) is 0.125. The predicted molar refractivity (Wildman–Crippen MR) is 77.6 cm³/mol. The Labute approximate surface area is 116 Å². The fourth-order valence-corrected chi connectivity index (χ4v) is 2.49. The van der Waals surface area contributed by atoms with E-state index in [9.17, 15) is 9.59 Å². The Morgan fingerprint density at radius 3 is 2.75 bits per heavy atom. The summed E-state index contributed by atoms with van der Waals surface area (Å²) >= 11 is 0. The van der Waals surface area contributed by atoms with E-state index in [-0.39, 0.29) is 18.1 Å². The molecule has 2 aromatic carbocycles. The number of ketones is 1. The highest BCUT2D eigenvalue weighted by atomic mass is 16.2. The van der Waals surface area contributed by atoms with E-state index in [1.807, 2.05) is 24.3 Å². The number of anilines is 2. The van der Waals surface area contributed by atoms with Gasteiger partial charge in [0.05, 0.1) is 5.92 Å². The van der Waals surface area contributed by atoms with Gasteiger partial charge in [0.15, 0.2) is 5.78 Å². The van der Waals surface area contributed by atoms with Gasteiger partial charge < -0.3 is 11.1 Å². The SMILES string of the molecule is Nc1cccc(C(=O)CC2C(=O)Nc3ccccc32)c1. The lowest BCUT2D eigenvalue weighted by molar-refractivity contribution is -0.117. The number of carbonyl (C=O) groups excluding carboxylic acids is 2. The summed E-state index contributed by atoms with van der Waals surface area (Å²) in [5.74, 6) is -0.613. The highest BCUT2D eigenvalue weighted by molar-refractivity contribution is 6.07. The van der Waals surface area contributed by atoms with E-state index in [0.717, 1.165) is 11.3 Å². The molecule has 20 heavy (non-hydrogen) atoms. The zero-order valence-electron chi connectivity index (χ0n) is 10.8. The quantitative estimate of drug-likeness (QED) is 0.662. The predicted octanol–water partition coefficient (Wildman–Crippen LogP) is 2.58. The lowest BCUT2D eigenvalue weighted by Gasteiger charge is -2.08. The molecule has 3 rings (SSSR count). The molecule has 0 aromatic heterocycles. The van der Waals surface area contributed by atoms with E-state index in [1.54, 1.807) is 24.3 Å². The van der Waals surface area contributed by atoms with Crippen molar-refractivity contribution in [2.45, 2.75) is 12.3 Å². The second-order valence-electron chi connectivity index (χ2n) is 4.88. The van der Waals surface area contributed by atoms with Gasteiger partial charge in [-0.2, -0.15) is 0 Å². The van der Waals surface area contributed by atoms with Gasteiger partial charge in [-0.1, -0.05) is 30.3 Å². The Kier molecular flexibility index (Phi) is 2.99. The lowest BCUT2D eigenvalue weighted by atomic mass is 9.92. The van der Waals surface area contributed by atoms with Gasteiger partial charge in [0.2, 0.25) is 5.91 Å². The summed E-state index contributed by atoms with van der Waals surface area (Å²) in [6, 6.07) is 14.3. The molecule has 0 spiro atoms. The summed E-state index contributed by atoms with van der Waals surface area (Å²) in [4.78, 5) is 24.2. The molecule has 1 amide bonds. The van der Waals surface area contributed by atoms with Crippen molar-refractivity contribution in [2.75, 3.05) is 11.1 Å². The Morgan fingerprint density at radius 2 is 1.95 bits per heavy atom. The number of hydrogen-bond acceptors (Lipinski definition) is 3. The number of amides is 1. The normalized spacial score (nSPS) is 16.6. The van der Waals surface area contributed by atoms with Crippen molar-refractivity contribution in [3.63, 3.8) is 0 Å². The molecule has 0 saturated heterocycles. The Bertz CT molecular complexity index is 694. The van der Waals surface area contributed by atoms with Crippen molar-refractivity contribution in [3.8, 4) is 0 Å². The first-order valence-corrected chi connectivity index (χ1v) is 6.43. The molecule has 0 aliphatic carbocycles. The number of nitrogens with two attached hydrogens (primary N) is 1. The van der Waals surface area contributed by atoms with Gasteiger partial charge in [-0.05, 0) is 23.8 Å². The van der Waals surface area contributed by atoms with E-state index in [0.29, 0.717) is 11.3 Å². The van der Waals surface area contributed by atoms with Crippen LogP contribution >= 0.6 is 0 Å². The lowest BCUT2D eigenvalue weighted by Crippen LogP contribution is -2.16. The van der Waals surface area contributed by atoms with Crippen LogP contribution in [0, 0.1) is 0 Å². The first-order chi connectivity index (χ1) is 9.65. The van der Waals surface area contributed by atoms with Crippen LogP contribution in [-0.2, 0) is 4.79 Å². The highest BCUT2D eigenvalue weighted by Gasteiger charge is 2.32. The summed E-state index contributed by atoms with van der Waals surface area (Å²) in [7, 11) is 0. The van der Waals surface area contributed by atoms with Crippen LogP contribution in [-0.4, -0.2) is 11.7 Å². The molecule has 0 radical (unpaired) electrons. The van der Waals surface area contributed by atoms with Gasteiger partial charge in [0.1, 0.15) is 0 Å². The van der Waals surface area contributed by atoms with Crippen molar-refractivity contribution in [1.29, 1.82) is 0 Å². The molecule has 1 aliphatic heterocycles. The van der Waals surface area contributed by atoms with Crippen LogP contribution in [0.25, 0.3) is 0 Å². The molecule has 100 valence electrons. The van der Waals surface area contributed by atoms with Crippen molar-refractivity contribution >= 4 is 23.1 Å². The molecule has 4 heteroatoms. The number of carbonyl (C=O) groups is 2. The molecule has 0 fully saturated rings. The molecule has 1 heterocycles. The molecular formula is C16H14N2O2. The number of para-hydroxylation sites is 1. The van der Waals surface area contributed by atoms with Crippen molar-refractivity contribution in [3.05, 3.63) is 59.7 Å². The van der Waals surface area contributed by atoms with E-state index in [1.165, 1.54) is 0 Å². The summed E-state index contributed by atoms with van der Waals surface area (Å²) in [5.41, 5.74) is 8.45. The number of nitrogen functional groups attached to an aromatic ring is 1. The van der Waals surface area contributed by atoms with Crippen LogP contribution in [0.15, 0.2) is 48.5 Å². The monoisotopic (exact) mass is 266 g/mol. The van der Waals surface area contributed by atoms with Gasteiger partial charge in [-0.15, -0.1) is 0 Å². The van der Waals surface area contributed by atoms with Gasteiger partial charge in [0, 0.05) is 23.4 Å². The van der Waals surface area contributed by atoms with Gasteiger partial charge in [-0.25, -0.2) is 0 Å². The molecule has 3 N–H and O–H groups in total. The molecule has 2 aromatic rings. The molecule has 0 saturated carbocycles. The number of fused-ring (bicyclic) bond motifs is 1. The number of rotatable bonds is 3. The van der Waals surface area contributed by atoms with Crippen LogP contribution in [0.5, 0.6) is 0 Å². The highest BCUT2D eigenvalue weighted by Crippen LogP contribution is 2.35. The third-order valence-electron chi connectivity index (χ3n) is 3.51. The Balaban J connectivity index is 1.85. The third kappa shape index (κ3) is 2.16. The first kappa shape index (κ1) is 12.4. The largest absolute Gasteiger partial charge is 0.399 e. The van der Waals surface area contributed by atoms with E-state index in [2.05, 4.69) is 5.32 Å². The van der Waals surface area contributed by atoms with E-state index >= 15 is 0 Å².